The van der Waals surface area contributed by atoms with Gasteiger partial charge in [-0.05, 0) is 26.6 Å². The molecule has 114 valence electrons. The Morgan fingerprint density at radius 1 is 1.33 bits per heavy atom. The first kappa shape index (κ1) is 14.2. The van der Waals surface area contributed by atoms with Crippen molar-refractivity contribution in [3.8, 4) is 0 Å². The molecule has 0 saturated heterocycles. The third-order valence-corrected chi connectivity index (χ3v) is 4.27. The summed E-state index contributed by atoms with van der Waals surface area (Å²) >= 11 is 0. The number of hydrogen-bond acceptors (Lipinski definition) is 6. The third-order valence-electron chi connectivity index (χ3n) is 4.27. The SMILES string of the molecule is CN(C)CC1CC(n2ccc3c(N)ncnc32)C(O)C1O. The lowest BCUT2D eigenvalue weighted by atomic mass is 10.1. The quantitative estimate of drug-likeness (QED) is 0.727. The van der Waals surface area contributed by atoms with Crippen LogP contribution in [-0.4, -0.2) is 62.5 Å². The van der Waals surface area contributed by atoms with E-state index in [1.807, 2.05) is 35.8 Å². The number of fused-ring (bicyclic) bond motifs is 1. The third kappa shape index (κ3) is 2.37. The lowest BCUT2D eigenvalue weighted by Crippen LogP contribution is -2.33. The zero-order chi connectivity index (χ0) is 15.1. The summed E-state index contributed by atoms with van der Waals surface area (Å²) in [6, 6.07) is 1.65. The van der Waals surface area contributed by atoms with E-state index in [1.54, 1.807) is 0 Å². The minimum atomic E-state index is -0.804. The molecule has 2 heterocycles. The lowest BCUT2D eigenvalue weighted by molar-refractivity contribution is 0.00283. The Morgan fingerprint density at radius 3 is 2.81 bits per heavy atom. The van der Waals surface area contributed by atoms with Crippen molar-refractivity contribution in [2.75, 3.05) is 26.4 Å². The maximum absolute atomic E-state index is 10.4. The highest BCUT2D eigenvalue weighted by atomic mass is 16.3. The summed E-state index contributed by atoms with van der Waals surface area (Å²) in [5, 5.41) is 21.4. The molecule has 7 nitrogen and oxygen atoms in total. The van der Waals surface area contributed by atoms with Gasteiger partial charge in [0.25, 0.3) is 0 Å². The van der Waals surface area contributed by atoms with Crippen LogP contribution in [0.2, 0.25) is 0 Å². The molecule has 4 N–H and O–H groups in total. The van der Waals surface area contributed by atoms with Crippen molar-refractivity contribution in [1.29, 1.82) is 0 Å². The molecule has 4 atom stereocenters. The maximum Gasteiger partial charge on any atom is 0.145 e. The van der Waals surface area contributed by atoms with E-state index in [0.717, 1.165) is 11.9 Å². The zero-order valence-corrected chi connectivity index (χ0v) is 12.2. The zero-order valence-electron chi connectivity index (χ0n) is 12.2. The molecule has 0 bridgehead atoms. The predicted molar refractivity (Wildman–Crippen MR) is 79.7 cm³/mol. The average molecular weight is 291 g/mol. The number of anilines is 1. The van der Waals surface area contributed by atoms with Crippen LogP contribution < -0.4 is 5.73 Å². The van der Waals surface area contributed by atoms with Gasteiger partial charge in [-0.2, -0.15) is 0 Å². The van der Waals surface area contributed by atoms with E-state index in [2.05, 4.69) is 9.97 Å². The number of hydrogen-bond donors (Lipinski definition) is 3. The highest BCUT2D eigenvalue weighted by molar-refractivity contribution is 5.86. The van der Waals surface area contributed by atoms with Crippen LogP contribution in [0.4, 0.5) is 5.82 Å². The fourth-order valence-corrected chi connectivity index (χ4v) is 3.28. The van der Waals surface area contributed by atoms with Crippen molar-refractivity contribution in [1.82, 2.24) is 19.4 Å². The van der Waals surface area contributed by atoms with E-state index in [1.165, 1.54) is 6.33 Å². The van der Waals surface area contributed by atoms with Crippen LogP contribution in [0.3, 0.4) is 0 Å². The van der Waals surface area contributed by atoms with Gasteiger partial charge in [-0.3, -0.25) is 0 Å². The van der Waals surface area contributed by atoms with Crippen LogP contribution in [0.25, 0.3) is 11.0 Å². The summed E-state index contributed by atoms with van der Waals surface area (Å²) in [4.78, 5) is 10.3. The standard InChI is InChI=1S/C14H21N5O2/c1-18(2)6-8-5-10(12(21)11(8)20)19-4-3-9-13(15)16-7-17-14(9)19/h3-4,7-8,10-12,20-21H,5-6H2,1-2H3,(H2,15,16,17). The fraction of sp³-hybridized carbons (Fsp3) is 0.571. The summed E-state index contributed by atoms with van der Waals surface area (Å²) in [7, 11) is 3.93. The molecule has 0 aromatic carbocycles. The summed E-state index contributed by atoms with van der Waals surface area (Å²) in [6.45, 7) is 0.741. The number of rotatable bonds is 3. The smallest absolute Gasteiger partial charge is 0.145 e. The number of aliphatic hydroxyl groups excluding tert-OH is 2. The lowest BCUT2D eigenvalue weighted by Gasteiger charge is -2.20. The summed E-state index contributed by atoms with van der Waals surface area (Å²) < 4.78 is 1.90. The van der Waals surface area contributed by atoms with Gasteiger partial charge in [0.05, 0.1) is 17.5 Å². The molecule has 4 unspecified atom stereocenters. The second kappa shape index (κ2) is 5.25. The van der Waals surface area contributed by atoms with E-state index in [9.17, 15) is 10.2 Å². The second-order valence-corrected chi connectivity index (χ2v) is 6.03. The Kier molecular flexibility index (Phi) is 3.56. The van der Waals surface area contributed by atoms with Crippen molar-refractivity contribution in [3.05, 3.63) is 18.6 Å². The van der Waals surface area contributed by atoms with Crippen LogP contribution in [0.1, 0.15) is 12.5 Å². The van der Waals surface area contributed by atoms with E-state index < -0.39 is 12.2 Å². The molecule has 1 fully saturated rings. The van der Waals surface area contributed by atoms with Gasteiger partial charge in [-0.1, -0.05) is 0 Å². The predicted octanol–water partition coefficient (Wildman–Crippen LogP) is -0.142. The Bertz CT molecular complexity index is 641. The van der Waals surface area contributed by atoms with Gasteiger partial charge in [-0.25, -0.2) is 9.97 Å². The molecule has 21 heavy (non-hydrogen) atoms. The molecule has 1 aliphatic rings. The van der Waals surface area contributed by atoms with Gasteiger partial charge >= 0.3 is 0 Å². The minimum Gasteiger partial charge on any atom is -0.390 e. The van der Waals surface area contributed by atoms with Crippen LogP contribution in [0.15, 0.2) is 18.6 Å². The fourth-order valence-electron chi connectivity index (χ4n) is 3.28. The molecule has 2 aromatic rings. The Labute approximate surface area is 123 Å². The van der Waals surface area contributed by atoms with E-state index in [0.29, 0.717) is 17.9 Å². The first-order valence-corrected chi connectivity index (χ1v) is 7.07. The van der Waals surface area contributed by atoms with Crippen molar-refractivity contribution in [3.63, 3.8) is 0 Å². The Hall–Kier alpha value is -1.70. The van der Waals surface area contributed by atoms with Crippen LogP contribution >= 0.6 is 0 Å². The van der Waals surface area contributed by atoms with Gasteiger partial charge in [-0.15, -0.1) is 0 Å². The normalized spacial score (nSPS) is 29.6. The molecule has 0 aliphatic heterocycles. The molecule has 7 heteroatoms. The number of aliphatic hydroxyl groups is 2. The highest BCUT2D eigenvalue weighted by Gasteiger charge is 2.42. The van der Waals surface area contributed by atoms with Crippen molar-refractivity contribution in [2.24, 2.45) is 5.92 Å². The first-order chi connectivity index (χ1) is 9.99. The van der Waals surface area contributed by atoms with Crippen LogP contribution in [0.5, 0.6) is 0 Å². The highest BCUT2D eigenvalue weighted by Crippen LogP contribution is 2.37. The molecule has 0 radical (unpaired) electrons. The Morgan fingerprint density at radius 2 is 2.10 bits per heavy atom. The molecular weight excluding hydrogens is 270 g/mol. The van der Waals surface area contributed by atoms with E-state index in [-0.39, 0.29) is 12.0 Å². The van der Waals surface area contributed by atoms with Crippen molar-refractivity contribution >= 4 is 16.9 Å². The van der Waals surface area contributed by atoms with E-state index >= 15 is 0 Å². The molecule has 2 aromatic heterocycles. The maximum atomic E-state index is 10.4. The molecule has 1 aliphatic carbocycles. The molecule has 1 saturated carbocycles. The second-order valence-electron chi connectivity index (χ2n) is 6.03. The summed E-state index contributed by atoms with van der Waals surface area (Å²) in [6.07, 6.45) is 2.45. The molecule has 0 spiro atoms. The topological polar surface area (TPSA) is 100 Å². The average Bonchev–Trinajstić information content (AvgIpc) is 2.96. The Balaban J connectivity index is 1.94. The summed E-state index contributed by atoms with van der Waals surface area (Å²) in [5.41, 5.74) is 6.54. The van der Waals surface area contributed by atoms with Gasteiger partial charge in [0.1, 0.15) is 23.9 Å². The number of nitrogens with two attached hydrogens (primary N) is 1. The number of nitrogens with zero attached hydrogens (tertiary/aromatic N) is 4. The molecular formula is C14H21N5O2. The largest absolute Gasteiger partial charge is 0.390 e. The minimum absolute atomic E-state index is 0.0386. The first-order valence-electron chi connectivity index (χ1n) is 7.07. The number of aromatic nitrogens is 3. The number of nitrogen functional groups attached to an aromatic ring is 1. The van der Waals surface area contributed by atoms with Crippen molar-refractivity contribution < 1.29 is 10.2 Å². The van der Waals surface area contributed by atoms with Gasteiger partial charge in [0, 0.05) is 18.7 Å². The molecule has 0 amide bonds. The van der Waals surface area contributed by atoms with Gasteiger partial charge < -0.3 is 25.4 Å². The van der Waals surface area contributed by atoms with Gasteiger partial charge in [0.2, 0.25) is 0 Å². The molecule has 3 rings (SSSR count). The monoisotopic (exact) mass is 291 g/mol. The summed E-state index contributed by atoms with van der Waals surface area (Å²) in [5.74, 6) is 0.466. The van der Waals surface area contributed by atoms with Crippen molar-refractivity contribution in [2.45, 2.75) is 24.7 Å². The van der Waals surface area contributed by atoms with Gasteiger partial charge in [0.15, 0.2) is 0 Å². The van der Waals surface area contributed by atoms with Crippen LogP contribution in [-0.2, 0) is 0 Å². The van der Waals surface area contributed by atoms with E-state index in [4.69, 9.17) is 5.73 Å². The van der Waals surface area contributed by atoms with Crippen LogP contribution in [0, 0.1) is 5.92 Å².